The van der Waals surface area contributed by atoms with E-state index in [-0.39, 0.29) is 5.56 Å². The minimum absolute atomic E-state index is 0.170. The molecular formula is C23H20N4O. The molecule has 0 radical (unpaired) electrons. The van der Waals surface area contributed by atoms with Crippen LogP contribution in [-0.2, 0) is 0 Å². The predicted octanol–water partition coefficient (Wildman–Crippen LogP) is 4.81. The van der Waals surface area contributed by atoms with Crippen molar-refractivity contribution in [3.05, 3.63) is 100.0 Å². The summed E-state index contributed by atoms with van der Waals surface area (Å²) in [5.74, 6) is 0.482. The lowest BCUT2D eigenvalue weighted by atomic mass is 10.2. The zero-order valence-corrected chi connectivity index (χ0v) is 15.8. The van der Waals surface area contributed by atoms with Gasteiger partial charge in [-0.25, -0.2) is 4.98 Å². The van der Waals surface area contributed by atoms with Crippen molar-refractivity contribution in [2.75, 3.05) is 5.32 Å². The number of hydrogen-bond acceptors (Lipinski definition) is 4. The van der Waals surface area contributed by atoms with Gasteiger partial charge in [-0.3, -0.25) is 14.2 Å². The second-order valence-electron chi connectivity index (χ2n) is 6.69. The molecule has 2 heterocycles. The Morgan fingerprint density at radius 1 is 0.929 bits per heavy atom. The predicted molar refractivity (Wildman–Crippen MR) is 114 cm³/mol. The molecule has 0 aliphatic carbocycles. The Hall–Kier alpha value is -3.73. The third-order valence-corrected chi connectivity index (χ3v) is 4.46. The Balaban J connectivity index is 1.81. The number of anilines is 2. The van der Waals surface area contributed by atoms with Crippen LogP contribution in [0.25, 0.3) is 5.65 Å². The molecule has 0 amide bonds. The maximum atomic E-state index is 13.1. The van der Waals surface area contributed by atoms with Crippen molar-refractivity contribution in [2.24, 2.45) is 4.99 Å². The van der Waals surface area contributed by atoms with Crippen molar-refractivity contribution in [2.45, 2.75) is 13.8 Å². The van der Waals surface area contributed by atoms with Crippen molar-refractivity contribution < 1.29 is 0 Å². The topological polar surface area (TPSA) is 58.8 Å². The second kappa shape index (κ2) is 7.48. The third-order valence-electron chi connectivity index (χ3n) is 4.46. The van der Waals surface area contributed by atoms with Gasteiger partial charge in [0.15, 0.2) is 0 Å². The molecule has 2 aromatic heterocycles. The number of aryl methyl sites for hydroxylation is 2. The van der Waals surface area contributed by atoms with Crippen LogP contribution in [0.1, 0.15) is 16.7 Å². The van der Waals surface area contributed by atoms with Gasteiger partial charge < -0.3 is 5.32 Å². The van der Waals surface area contributed by atoms with Crippen LogP contribution >= 0.6 is 0 Å². The van der Waals surface area contributed by atoms with Crippen molar-refractivity contribution >= 4 is 29.1 Å². The zero-order chi connectivity index (χ0) is 19.5. The Morgan fingerprint density at radius 3 is 2.32 bits per heavy atom. The lowest BCUT2D eigenvalue weighted by Gasteiger charge is -2.10. The van der Waals surface area contributed by atoms with Gasteiger partial charge in [0.1, 0.15) is 17.0 Å². The molecule has 0 atom stereocenters. The van der Waals surface area contributed by atoms with Crippen LogP contribution in [0.4, 0.5) is 17.2 Å². The van der Waals surface area contributed by atoms with Gasteiger partial charge in [-0.2, -0.15) is 0 Å². The van der Waals surface area contributed by atoms with Crippen LogP contribution < -0.4 is 10.9 Å². The van der Waals surface area contributed by atoms with E-state index in [0.29, 0.717) is 17.0 Å². The first kappa shape index (κ1) is 17.7. The average molecular weight is 368 g/mol. The molecule has 5 heteroatoms. The van der Waals surface area contributed by atoms with Crippen LogP contribution in [0.3, 0.4) is 0 Å². The number of nitrogens with zero attached hydrogens (tertiary/aromatic N) is 3. The highest BCUT2D eigenvalue weighted by molar-refractivity contribution is 5.89. The summed E-state index contributed by atoms with van der Waals surface area (Å²) < 4.78 is 1.52. The zero-order valence-electron chi connectivity index (χ0n) is 15.8. The summed E-state index contributed by atoms with van der Waals surface area (Å²) in [4.78, 5) is 22.2. The molecule has 138 valence electrons. The van der Waals surface area contributed by atoms with Crippen molar-refractivity contribution in [1.82, 2.24) is 9.38 Å². The normalized spacial score (nSPS) is 11.2. The van der Waals surface area contributed by atoms with Gasteiger partial charge >= 0.3 is 0 Å². The SMILES string of the molecule is Cc1ccc(N=Cc2c(Nc3ccc(C)cc3)nc3ccccn3c2=O)cc1. The number of aliphatic imine (C=N–C) groups is 1. The van der Waals surface area contributed by atoms with Crippen LogP contribution in [0, 0.1) is 13.8 Å². The maximum absolute atomic E-state index is 13.1. The highest BCUT2D eigenvalue weighted by atomic mass is 16.1. The fourth-order valence-corrected chi connectivity index (χ4v) is 2.86. The molecule has 4 rings (SSSR count). The highest BCUT2D eigenvalue weighted by Crippen LogP contribution is 2.19. The van der Waals surface area contributed by atoms with Gasteiger partial charge in [0, 0.05) is 18.1 Å². The Kier molecular flexibility index (Phi) is 4.72. The molecule has 0 bridgehead atoms. The molecule has 0 aliphatic rings. The first-order chi connectivity index (χ1) is 13.6. The molecule has 0 aliphatic heterocycles. The van der Waals surface area contributed by atoms with E-state index < -0.39 is 0 Å². The van der Waals surface area contributed by atoms with E-state index in [0.717, 1.165) is 16.9 Å². The number of nitrogens with one attached hydrogen (secondary N) is 1. The van der Waals surface area contributed by atoms with Crippen molar-refractivity contribution in [1.29, 1.82) is 0 Å². The second-order valence-corrected chi connectivity index (χ2v) is 6.69. The minimum Gasteiger partial charge on any atom is -0.339 e. The van der Waals surface area contributed by atoms with Crippen molar-refractivity contribution in [3.63, 3.8) is 0 Å². The fraction of sp³-hybridized carbons (Fsp3) is 0.0870. The lowest BCUT2D eigenvalue weighted by molar-refractivity contribution is 1.04. The first-order valence-corrected chi connectivity index (χ1v) is 9.06. The van der Waals surface area contributed by atoms with E-state index in [1.807, 2.05) is 80.6 Å². The number of benzene rings is 2. The Bertz CT molecular complexity index is 1210. The molecule has 5 nitrogen and oxygen atoms in total. The van der Waals surface area contributed by atoms with Gasteiger partial charge in [-0.15, -0.1) is 0 Å². The summed E-state index contributed by atoms with van der Waals surface area (Å²) in [5, 5.41) is 3.26. The van der Waals surface area contributed by atoms with E-state index in [1.165, 1.54) is 9.96 Å². The molecular weight excluding hydrogens is 348 g/mol. The largest absolute Gasteiger partial charge is 0.339 e. The van der Waals surface area contributed by atoms with E-state index in [4.69, 9.17) is 0 Å². The van der Waals surface area contributed by atoms with Crippen LogP contribution in [-0.4, -0.2) is 15.6 Å². The smallest absolute Gasteiger partial charge is 0.268 e. The third kappa shape index (κ3) is 3.69. The number of fused-ring (bicyclic) bond motifs is 1. The maximum Gasteiger partial charge on any atom is 0.268 e. The van der Waals surface area contributed by atoms with E-state index in [2.05, 4.69) is 15.3 Å². The number of hydrogen-bond donors (Lipinski definition) is 1. The van der Waals surface area contributed by atoms with Crippen LogP contribution in [0.2, 0.25) is 0 Å². The van der Waals surface area contributed by atoms with Gasteiger partial charge in [-0.05, 0) is 50.2 Å². The molecule has 0 fully saturated rings. The summed E-state index contributed by atoms with van der Waals surface area (Å²) >= 11 is 0. The monoisotopic (exact) mass is 368 g/mol. The molecule has 28 heavy (non-hydrogen) atoms. The van der Waals surface area contributed by atoms with E-state index in [9.17, 15) is 4.79 Å². The van der Waals surface area contributed by atoms with E-state index in [1.54, 1.807) is 12.4 Å². The molecule has 2 aromatic carbocycles. The minimum atomic E-state index is -0.170. The quantitative estimate of drug-likeness (QED) is 0.526. The Labute approximate surface area is 163 Å². The highest BCUT2D eigenvalue weighted by Gasteiger charge is 2.11. The van der Waals surface area contributed by atoms with E-state index >= 15 is 0 Å². The first-order valence-electron chi connectivity index (χ1n) is 9.06. The molecule has 0 spiro atoms. The number of aromatic nitrogens is 2. The summed E-state index contributed by atoms with van der Waals surface area (Å²) in [5.41, 5.74) is 4.79. The fourth-order valence-electron chi connectivity index (χ4n) is 2.86. The lowest BCUT2D eigenvalue weighted by Crippen LogP contribution is -2.21. The molecule has 0 saturated carbocycles. The van der Waals surface area contributed by atoms with Crippen molar-refractivity contribution in [3.8, 4) is 0 Å². The van der Waals surface area contributed by atoms with Gasteiger partial charge in [0.2, 0.25) is 0 Å². The summed E-state index contributed by atoms with van der Waals surface area (Å²) in [7, 11) is 0. The van der Waals surface area contributed by atoms with Gasteiger partial charge in [0.25, 0.3) is 5.56 Å². The molecule has 0 unspecified atom stereocenters. The summed E-state index contributed by atoms with van der Waals surface area (Å²) in [6.45, 7) is 4.06. The number of pyridine rings is 1. The molecule has 0 saturated heterocycles. The Morgan fingerprint density at radius 2 is 1.61 bits per heavy atom. The average Bonchev–Trinajstić information content (AvgIpc) is 2.71. The van der Waals surface area contributed by atoms with Crippen LogP contribution in [0.15, 0.2) is 82.7 Å². The molecule has 1 N–H and O–H groups in total. The van der Waals surface area contributed by atoms with Gasteiger partial charge in [0.05, 0.1) is 5.69 Å². The van der Waals surface area contributed by atoms with Crippen LogP contribution in [0.5, 0.6) is 0 Å². The summed E-state index contributed by atoms with van der Waals surface area (Å²) in [6, 6.07) is 21.2. The van der Waals surface area contributed by atoms with Gasteiger partial charge in [-0.1, -0.05) is 41.5 Å². The summed E-state index contributed by atoms with van der Waals surface area (Å²) in [6.07, 6.45) is 3.29. The number of rotatable bonds is 4. The standard InChI is InChI=1S/C23H20N4O/c1-16-6-10-18(11-7-16)24-15-20-22(25-19-12-8-17(2)9-13-19)26-21-5-3-4-14-27(21)23(20)28/h3-15,25H,1-2H3. The molecule has 4 aromatic rings.